The van der Waals surface area contributed by atoms with Gasteiger partial charge in [-0.15, -0.1) is 0 Å². The number of hydrogen-bond donors (Lipinski definition) is 0. The molecule has 0 atom stereocenters. The predicted molar refractivity (Wildman–Crippen MR) is 41.3 cm³/mol. The van der Waals surface area contributed by atoms with Gasteiger partial charge in [0.1, 0.15) is 0 Å². The molecule has 1 rings (SSSR count). The lowest BCUT2D eigenvalue weighted by Gasteiger charge is -1.92. The average Bonchev–Trinajstić information content (AvgIpc) is 2.14. The number of rotatable bonds is 1. The van der Waals surface area contributed by atoms with Gasteiger partial charge in [-0.3, -0.25) is 0 Å². The summed E-state index contributed by atoms with van der Waals surface area (Å²) < 4.78 is 0. The molecule has 0 saturated heterocycles. The molecule has 0 N–H and O–H groups in total. The van der Waals surface area contributed by atoms with E-state index in [1.54, 1.807) is 0 Å². The molecule has 9 heavy (non-hydrogen) atoms. The van der Waals surface area contributed by atoms with Gasteiger partial charge in [-0.1, -0.05) is 29.9 Å². The number of allylic oxidation sites excluding steroid dienone is 5. The highest BCUT2D eigenvalue weighted by molar-refractivity contribution is 5.43. The maximum absolute atomic E-state index is 3.86. The van der Waals surface area contributed by atoms with Crippen molar-refractivity contribution < 1.29 is 0 Å². The smallest absolute Gasteiger partial charge is 0.0129 e. The Hall–Kier alpha value is -0.780. The van der Waals surface area contributed by atoms with E-state index in [0.29, 0.717) is 0 Å². The second-order valence-corrected chi connectivity index (χ2v) is 2.63. The first-order valence-electron chi connectivity index (χ1n) is 3.23. The molecule has 0 aromatic heterocycles. The van der Waals surface area contributed by atoms with E-state index in [-0.39, 0.29) is 0 Å². The van der Waals surface area contributed by atoms with Crippen molar-refractivity contribution in [2.24, 2.45) is 0 Å². The Morgan fingerprint density at radius 2 is 2.33 bits per heavy atom. The molecule has 0 amide bonds. The van der Waals surface area contributed by atoms with Crippen LogP contribution >= 0.6 is 0 Å². The van der Waals surface area contributed by atoms with Gasteiger partial charge < -0.3 is 0 Å². The Kier molecular flexibility index (Phi) is 1.56. The van der Waals surface area contributed by atoms with Gasteiger partial charge in [-0.2, -0.15) is 0 Å². The molecule has 0 unspecified atom stereocenters. The lowest BCUT2D eigenvalue weighted by molar-refractivity contribution is 1.25. The van der Waals surface area contributed by atoms with Crippen LogP contribution in [-0.4, -0.2) is 0 Å². The van der Waals surface area contributed by atoms with Crippen molar-refractivity contribution in [2.45, 2.75) is 20.3 Å². The summed E-state index contributed by atoms with van der Waals surface area (Å²) in [7, 11) is 0. The zero-order valence-corrected chi connectivity index (χ0v) is 6.07. The third kappa shape index (κ3) is 1.32. The Morgan fingerprint density at radius 1 is 1.67 bits per heavy atom. The quantitative estimate of drug-likeness (QED) is 0.499. The van der Waals surface area contributed by atoms with Crippen LogP contribution in [0.4, 0.5) is 0 Å². The fourth-order valence-corrected chi connectivity index (χ4v) is 0.952. The minimum atomic E-state index is 1.11. The van der Waals surface area contributed by atoms with Crippen molar-refractivity contribution in [3.63, 3.8) is 0 Å². The fraction of sp³-hybridized carbons (Fsp3) is 0.333. The first kappa shape index (κ1) is 6.34. The Labute approximate surface area is 56.6 Å². The summed E-state index contributed by atoms with van der Waals surface area (Å²) in [6, 6.07) is 0. The molecule has 0 fully saturated rings. The zero-order valence-electron chi connectivity index (χ0n) is 6.07. The average molecular weight is 120 g/mol. The SMILES string of the molecule is C=C(C)C1=CCC(C)=C1. The topological polar surface area (TPSA) is 0 Å². The minimum Gasteiger partial charge on any atom is -0.0955 e. The van der Waals surface area contributed by atoms with Crippen molar-refractivity contribution in [1.82, 2.24) is 0 Å². The van der Waals surface area contributed by atoms with Crippen LogP contribution in [0.5, 0.6) is 0 Å². The van der Waals surface area contributed by atoms with Crippen LogP contribution in [0.1, 0.15) is 20.3 Å². The third-order valence-corrected chi connectivity index (χ3v) is 1.54. The first-order chi connectivity index (χ1) is 4.20. The molecule has 1 aliphatic rings. The Bertz CT molecular complexity index is 192. The Morgan fingerprint density at radius 3 is 2.56 bits per heavy atom. The highest BCUT2D eigenvalue weighted by Gasteiger charge is 2.01. The summed E-state index contributed by atoms with van der Waals surface area (Å²) in [6.07, 6.45) is 5.53. The monoisotopic (exact) mass is 120 g/mol. The molecule has 0 heterocycles. The molecule has 0 radical (unpaired) electrons. The summed E-state index contributed by atoms with van der Waals surface area (Å²) in [6.45, 7) is 8.05. The summed E-state index contributed by atoms with van der Waals surface area (Å²) in [5.41, 5.74) is 3.92. The van der Waals surface area contributed by atoms with Crippen LogP contribution < -0.4 is 0 Å². The molecular formula is C9H12. The zero-order chi connectivity index (χ0) is 6.85. The summed E-state index contributed by atoms with van der Waals surface area (Å²) >= 11 is 0. The van der Waals surface area contributed by atoms with Gasteiger partial charge in [0.05, 0.1) is 0 Å². The molecule has 1 aliphatic carbocycles. The van der Waals surface area contributed by atoms with Gasteiger partial charge in [-0.05, 0) is 25.8 Å². The maximum Gasteiger partial charge on any atom is -0.0129 e. The van der Waals surface area contributed by atoms with E-state index in [0.717, 1.165) is 6.42 Å². The normalized spacial score (nSPS) is 17.1. The summed E-state index contributed by atoms with van der Waals surface area (Å²) in [4.78, 5) is 0. The summed E-state index contributed by atoms with van der Waals surface area (Å²) in [5, 5.41) is 0. The third-order valence-electron chi connectivity index (χ3n) is 1.54. The van der Waals surface area contributed by atoms with Crippen LogP contribution in [0, 0.1) is 0 Å². The van der Waals surface area contributed by atoms with Crippen LogP contribution in [-0.2, 0) is 0 Å². The van der Waals surface area contributed by atoms with Gasteiger partial charge in [0, 0.05) is 0 Å². The largest absolute Gasteiger partial charge is 0.0955 e. The molecular weight excluding hydrogens is 108 g/mol. The molecule has 0 heteroatoms. The van der Waals surface area contributed by atoms with Crippen LogP contribution in [0.25, 0.3) is 0 Å². The van der Waals surface area contributed by atoms with Crippen molar-refractivity contribution >= 4 is 0 Å². The lowest BCUT2D eigenvalue weighted by atomic mass is 10.1. The Balaban J connectivity index is 2.75. The van der Waals surface area contributed by atoms with E-state index in [1.165, 1.54) is 16.7 Å². The molecule has 0 aliphatic heterocycles. The van der Waals surface area contributed by atoms with E-state index in [1.807, 2.05) is 6.92 Å². The molecule has 0 bridgehead atoms. The molecule has 0 saturated carbocycles. The van der Waals surface area contributed by atoms with Gasteiger partial charge in [0.2, 0.25) is 0 Å². The minimum absolute atomic E-state index is 1.11. The van der Waals surface area contributed by atoms with Crippen LogP contribution in [0.2, 0.25) is 0 Å². The second kappa shape index (κ2) is 2.22. The fourth-order valence-electron chi connectivity index (χ4n) is 0.952. The van der Waals surface area contributed by atoms with Gasteiger partial charge in [0.15, 0.2) is 0 Å². The van der Waals surface area contributed by atoms with E-state index in [2.05, 4.69) is 25.7 Å². The molecule has 0 aromatic carbocycles. The van der Waals surface area contributed by atoms with E-state index >= 15 is 0 Å². The maximum atomic E-state index is 3.86. The van der Waals surface area contributed by atoms with Crippen molar-refractivity contribution in [1.29, 1.82) is 0 Å². The highest BCUT2D eigenvalue weighted by Crippen LogP contribution is 2.20. The molecule has 0 nitrogen and oxygen atoms in total. The van der Waals surface area contributed by atoms with E-state index < -0.39 is 0 Å². The van der Waals surface area contributed by atoms with Gasteiger partial charge in [0.25, 0.3) is 0 Å². The summed E-state index contributed by atoms with van der Waals surface area (Å²) in [5.74, 6) is 0. The van der Waals surface area contributed by atoms with Crippen molar-refractivity contribution in [2.75, 3.05) is 0 Å². The molecule has 48 valence electrons. The van der Waals surface area contributed by atoms with Gasteiger partial charge >= 0.3 is 0 Å². The van der Waals surface area contributed by atoms with Gasteiger partial charge in [-0.25, -0.2) is 0 Å². The molecule has 0 spiro atoms. The predicted octanol–water partition coefficient (Wildman–Crippen LogP) is 2.84. The van der Waals surface area contributed by atoms with Crippen LogP contribution in [0.15, 0.2) is 35.5 Å². The lowest BCUT2D eigenvalue weighted by Crippen LogP contribution is -1.72. The van der Waals surface area contributed by atoms with E-state index in [9.17, 15) is 0 Å². The second-order valence-electron chi connectivity index (χ2n) is 2.63. The van der Waals surface area contributed by atoms with Crippen molar-refractivity contribution in [3.8, 4) is 0 Å². The first-order valence-corrected chi connectivity index (χ1v) is 3.23. The number of hydrogen-bond acceptors (Lipinski definition) is 0. The van der Waals surface area contributed by atoms with E-state index in [4.69, 9.17) is 0 Å². The van der Waals surface area contributed by atoms with Crippen LogP contribution in [0.3, 0.4) is 0 Å². The van der Waals surface area contributed by atoms with Crippen molar-refractivity contribution in [3.05, 3.63) is 35.5 Å². The molecule has 0 aromatic rings. The standard InChI is InChI=1S/C9H12/c1-7(2)9-5-4-8(3)6-9/h5-6H,1,4H2,2-3H3. The highest BCUT2D eigenvalue weighted by atomic mass is 14.1.